The van der Waals surface area contributed by atoms with Gasteiger partial charge in [-0.3, -0.25) is 9.79 Å². The summed E-state index contributed by atoms with van der Waals surface area (Å²) in [5.41, 5.74) is 5.56. The first-order valence-electron chi connectivity index (χ1n) is 10.6. The maximum atomic E-state index is 13.6. The molecule has 5 rings (SSSR count). The maximum absolute atomic E-state index is 13.6. The van der Waals surface area contributed by atoms with Crippen LogP contribution in [0.3, 0.4) is 0 Å². The molecule has 32 heavy (non-hydrogen) atoms. The predicted octanol–water partition coefficient (Wildman–Crippen LogP) is 3.57. The molecule has 0 radical (unpaired) electrons. The number of hydrogen-bond donors (Lipinski definition) is 1. The first kappa shape index (κ1) is 20.8. The quantitative estimate of drug-likeness (QED) is 0.618. The SMILES string of the molecule is CC(Cc1ccc2c(c1)-c1cn(C)c(=O)cc1C1(CC1)N=C2c1ccc(F)cc1)[SH](=O)=O. The van der Waals surface area contributed by atoms with Gasteiger partial charge >= 0.3 is 0 Å². The van der Waals surface area contributed by atoms with Crippen molar-refractivity contribution in [3.63, 3.8) is 0 Å². The molecular formula is C25H23FN2O3S. The van der Waals surface area contributed by atoms with Gasteiger partial charge in [-0.2, -0.15) is 0 Å². The molecule has 0 bridgehead atoms. The summed E-state index contributed by atoms with van der Waals surface area (Å²) in [5.74, 6) is -0.313. The van der Waals surface area contributed by atoms with Crippen molar-refractivity contribution < 1.29 is 12.8 Å². The Morgan fingerprint density at radius 1 is 1.06 bits per heavy atom. The van der Waals surface area contributed by atoms with Gasteiger partial charge in [0.1, 0.15) is 16.5 Å². The van der Waals surface area contributed by atoms with E-state index in [9.17, 15) is 17.6 Å². The molecule has 1 atom stereocenters. The van der Waals surface area contributed by atoms with Crippen LogP contribution in [0.2, 0.25) is 0 Å². The molecule has 1 unspecified atom stereocenters. The summed E-state index contributed by atoms with van der Waals surface area (Å²) in [5, 5.41) is -0.478. The number of aryl methyl sites for hydroxylation is 1. The van der Waals surface area contributed by atoms with Gasteiger partial charge in [-0.1, -0.05) is 18.2 Å². The molecule has 0 N–H and O–H groups in total. The number of thiol groups is 1. The van der Waals surface area contributed by atoms with Gasteiger partial charge in [0.05, 0.1) is 16.5 Å². The molecule has 2 heterocycles. The summed E-state index contributed by atoms with van der Waals surface area (Å²) in [7, 11) is -0.797. The highest BCUT2D eigenvalue weighted by molar-refractivity contribution is 7.73. The second-order valence-corrected chi connectivity index (χ2v) is 10.2. The molecule has 1 aromatic heterocycles. The Morgan fingerprint density at radius 3 is 2.44 bits per heavy atom. The number of aromatic nitrogens is 1. The van der Waals surface area contributed by atoms with Crippen LogP contribution >= 0.6 is 0 Å². The lowest BCUT2D eigenvalue weighted by Crippen LogP contribution is -2.19. The molecule has 0 amide bonds. The van der Waals surface area contributed by atoms with Crippen LogP contribution in [-0.2, 0) is 29.7 Å². The Bertz CT molecular complexity index is 1390. The fraction of sp³-hybridized carbons (Fsp3) is 0.280. The Kier molecular flexibility index (Phi) is 4.89. The normalized spacial score (nSPS) is 16.8. The van der Waals surface area contributed by atoms with Crippen LogP contribution in [0, 0.1) is 5.82 Å². The zero-order chi connectivity index (χ0) is 22.6. The number of pyridine rings is 1. The molecule has 7 heteroatoms. The van der Waals surface area contributed by atoms with E-state index in [0.29, 0.717) is 6.42 Å². The van der Waals surface area contributed by atoms with Gasteiger partial charge in [0.15, 0.2) is 0 Å². The monoisotopic (exact) mass is 450 g/mol. The fourth-order valence-electron chi connectivity index (χ4n) is 4.45. The molecule has 3 aromatic rings. The van der Waals surface area contributed by atoms with Crippen molar-refractivity contribution in [2.45, 2.75) is 37.0 Å². The van der Waals surface area contributed by atoms with Gasteiger partial charge in [0.2, 0.25) is 0 Å². The Balaban J connectivity index is 1.78. The van der Waals surface area contributed by atoms with Gasteiger partial charge in [0.25, 0.3) is 5.56 Å². The Hall–Kier alpha value is -3.06. The predicted molar refractivity (Wildman–Crippen MR) is 124 cm³/mol. The number of halogens is 1. The molecule has 0 saturated heterocycles. The van der Waals surface area contributed by atoms with Crippen molar-refractivity contribution >= 4 is 16.4 Å². The second-order valence-electron chi connectivity index (χ2n) is 8.77. The van der Waals surface area contributed by atoms with E-state index in [4.69, 9.17) is 4.99 Å². The van der Waals surface area contributed by atoms with E-state index < -0.39 is 21.5 Å². The van der Waals surface area contributed by atoms with Gasteiger partial charge in [-0.15, -0.1) is 0 Å². The van der Waals surface area contributed by atoms with Gasteiger partial charge < -0.3 is 4.57 Å². The lowest BCUT2D eigenvalue weighted by atomic mass is 9.89. The number of benzene rings is 2. The minimum Gasteiger partial charge on any atom is -0.318 e. The lowest BCUT2D eigenvalue weighted by molar-refractivity contribution is 0.602. The highest BCUT2D eigenvalue weighted by Gasteiger charge is 2.48. The summed E-state index contributed by atoms with van der Waals surface area (Å²) in [6.45, 7) is 1.69. The van der Waals surface area contributed by atoms with Crippen molar-refractivity contribution in [2.24, 2.45) is 12.0 Å². The summed E-state index contributed by atoms with van der Waals surface area (Å²) in [4.78, 5) is 17.7. The molecule has 2 aliphatic rings. The average molecular weight is 451 g/mol. The molecular weight excluding hydrogens is 427 g/mol. The zero-order valence-electron chi connectivity index (χ0n) is 17.8. The third-order valence-electron chi connectivity index (χ3n) is 6.42. The van der Waals surface area contributed by atoms with Crippen LogP contribution < -0.4 is 5.56 Å². The van der Waals surface area contributed by atoms with Crippen LogP contribution in [0.4, 0.5) is 4.39 Å². The topological polar surface area (TPSA) is 68.5 Å². The lowest BCUT2D eigenvalue weighted by Gasteiger charge is -2.16. The zero-order valence-corrected chi connectivity index (χ0v) is 18.7. The average Bonchev–Trinajstić information content (AvgIpc) is 3.56. The van der Waals surface area contributed by atoms with Crippen molar-refractivity contribution in [2.75, 3.05) is 0 Å². The highest BCUT2D eigenvalue weighted by atomic mass is 32.2. The van der Waals surface area contributed by atoms with Gasteiger partial charge in [-0.25, -0.2) is 12.8 Å². The second kappa shape index (κ2) is 7.52. The van der Waals surface area contributed by atoms with Crippen LogP contribution in [-0.4, -0.2) is 23.9 Å². The number of hydrogen-bond acceptors (Lipinski definition) is 4. The summed E-state index contributed by atoms with van der Waals surface area (Å²) < 4.78 is 38.0. The van der Waals surface area contributed by atoms with E-state index in [-0.39, 0.29) is 11.4 Å². The minimum absolute atomic E-state index is 0.0925. The summed E-state index contributed by atoms with van der Waals surface area (Å²) in [6, 6.07) is 13.9. The van der Waals surface area contributed by atoms with E-state index >= 15 is 0 Å². The minimum atomic E-state index is -2.52. The van der Waals surface area contributed by atoms with E-state index in [1.54, 1.807) is 36.7 Å². The molecule has 1 spiro atoms. The Labute approximate surface area is 187 Å². The molecule has 1 aliphatic carbocycles. The fourth-order valence-corrected chi connectivity index (χ4v) is 4.81. The van der Waals surface area contributed by atoms with Crippen molar-refractivity contribution in [1.82, 2.24) is 4.57 Å². The van der Waals surface area contributed by atoms with Crippen LogP contribution in [0.5, 0.6) is 0 Å². The third-order valence-corrected chi connectivity index (χ3v) is 7.32. The highest BCUT2D eigenvalue weighted by Crippen LogP contribution is 2.54. The van der Waals surface area contributed by atoms with Gasteiger partial charge in [0, 0.05) is 36.0 Å². The molecule has 1 aliphatic heterocycles. The van der Waals surface area contributed by atoms with Gasteiger partial charge in [-0.05, 0) is 67.1 Å². The summed E-state index contributed by atoms with van der Waals surface area (Å²) >= 11 is 0. The molecule has 164 valence electrons. The molecule has 1 fully saturated rings. The smallest absolute Gasteiger partial charge is 0.250 e. The Morgan fingerprint density at radius 2 is 1.78 bits per heavy atom. The first-order chi connectivity index (χ1) is 15.3. The van der Waals surface area contributed by atoms with Crippen LogP contribution in [0.1, 0.15) is 42.0 Å². The van der Waals surface area contributed by atoms with E-state index in [2.05, 4.69) is 0 Å². The van der Waals surface area contributed by atoms with Crippen LogP contribution in [0.15, 0.2) is 64.5 Å². The standard InChI is InChI=1S/C25H23FN2O3S/c1-15(32(30)31)11-16-3-8-19-20(12-16)21-14-28(2)23(29)13-22(21)25(9-10-25)27-24(19)17-4-6-18(26)7-5-17/h3-8,12-15,32H,9-11H2,1-2H3. The van der Waals surface area contributed by atoms with E-state index in [0.717, 1.165) is 51.9 Å². The number of nitrogens with zero attached hydrogens (tertiary/aromatic N) is 2. The molecule has 5 nitrogen and oxygen atoms in total. The van der Waals surface area contributed by atoms with Crippen LogP contribution in [0.25, 0.3) is 11.1 Å². The maximum Gasteiger partial charge on any atom is 0.250 e. The van der Waals surface area contributed by atoms with E-state index in [1.165, 1.54) is 12.1 Å². The number of aliphatic imine (C=N–C) groups is 1. The number of rotatable bonds is 4. The molecule has 2 aromatic carbocycles. The van der Waals surface area contributed by atoms with Crippen molar-refractivity contribution in [3.05, 3.63) is 93.2 Å². The summed E-state index contributed by atoms with van der Waals surface area (Å²) in [6.07, 6.45) is 3.93. The van der Waals surface area contributed by atoms with Crippen molar-refractivity contribution in [1.29, 1.82) is 0 Å². The third kappa shape index (κ3) is 3.50. The van der Waals surface area contributed by atoms with Crippen molar-refractivity contribution in [3.8, 4) is 11.1 Å². The first-order valence-corrected chi connectivity index (χ1v) is 11.9. The number of fused-ring (bicyclic) bond motifs is 4. The largest absolute Gasteiger partial charge is 0.318 e. The molecule has 1 saturated carbocycles. The van der Waals surface area contributed by atoms with E-state index in [1.807, 2.05) is 24.4 Å².